The fourth-order valence-electron chi connectivity index (χ4n) is 7.64. The highest BCUT2D eigenvalue weighted by Gasteiger charge is 2.28. The van der Waals surface area contributed by atoms with E-state index < -0.39 is 35.8 Å². The Hall–Kier alpha value is -6.84. The van der Waals surface area contributed by atoms with E-state index in [-0.39, 0.29) is 72.3 Å². The molecule has 2 saturated heterocycles. The number of piperidine rings is 2. The summed E-state index contributed by atoms with van der Waals surface area (Å²) < 4.78 is 37.3. The Bertz CT molecular complexity index is 2140. The standard InChI is InChI=1S/C48H54F2N6O8/c1-3-63-47(61)55-21-15-41(16-22-55)53-45(59)37-27-34(28-38(30-37)46(60)54-42-17-23-56(24-18-42)48(62)64-4-2)33-25-35(43(57)51-19-13-31-5-9-39(49)10-6-31)29-36(26-33)44(58)52-20-14-32-7-11-40(50)12-8-32/h5-12,25-30,41-42H,3-4,13-24H2,1-2H3,(H,51,57)(H,52,58)(H,53,59)(H,54,60). The molecule has 2 heterocycles. The summed E-state index contributed by atoms with van der Waals surface area (Å²) in [5, 5.41) is 11.8. The van der Waals surface area contributed by atoms with Gasteiger partial charge in [0, 0.05) is 73.6 Å². The zero-order chi connectivity index (χ0) is 45.6. The number of ether oxygens (including phenoxy) is 2. The van der Waals surface area contributed by atoms with Crippen LogP contribution in [0, 0.1) is 11.6 Å². The molecule has 0 radical (unpaired) electrons. The molecule has 4 N–H and O–H groups in total. The molecule has 64 heavy (non-hydrogen) atoms. The minimum atomic E-state index is -0.487. The lowest BCUT2D eigenvalue weighted by atomic mass is 9.94. The minimum Gasteiger partial charge on any atom is -0.450 e. The molecular formula is C48H54F2N6O8. The third-order valence-corrected chi connectivity index (χ3v) is 11.2. The van der Waals surface area contributed by atoms with E-state index in [1.807, 2.05) is 0 Å². The third-order valence-electron chi connectivity index (χ3n) is 11.2. The molecule has 0 aromatic heterocycles. The zero-order valence-electron chi connectivity index (χ0n) is 36.1. The molecule has 0 bridgehead atoms. The van der Waals surface area contributed by atoms with Crippen LogP contribution in [0.2, 0.25) is 0 Å². The van der Waals surface area contributed by atoms with Crippen molar-refractivity contribution in [3.05, 3.63) is 130 Å². The van der Waals surface area contributed by atoms with Crippen molar-refractivity contribution in [1.82, 2.24) is 31.1 Å². The molecule has 0 spiro atoms. The van der Waals surface area contributed by atoms with Gasteiger partial charge in [-0.05, 0) is 135 Å². The lowest BCUT2D eigenvalue weighted by Gasteiger charge is -2.32. The number of amides is 6. The zero-order valence-corrected chi connectivity index (χ0v) is 36.1. The first kappa shape index (κ1) is 46.7. The SMILES string of the molecule is CCOC(=O)N1CCC(NC(=O)c2cc(C(=O)NC3CCN(C(=O)OCC)CC3)cc(-c3cc(C(=O)NCCc4ccc(F)cc4)cc(C(=O)NCCc4ccc(F)cc4)c3)c2)CC1. The number of benzene rings is 4. The molecule has 0 aliphatic carbocycles. The maximum absolute atomic E-state index is 14.0. The first-order valence-corrected chi connectivity index (χ1v) is 21.7. The number of carbonyl (C=O) groups excluding carboxylic acids is 6. The Morgan fingerprint density at radius 2 is 0.844 bits per heavy atom. The van der Waals surface area contributed by atoms with Crippen LogP contribution in [-0.4, -0.2) is 110 Å². The number of hydrogen-bond donors (Lipinski definition) is 4. The Morgan fingerprint density at radius 3 is 1.17 bits per heavy atom. The molecule has 2 aliphatic rings. The van der Waals surface area contributed by atoms with Gasteiger partial charge in [0.2, 0.25) is 0 Å². The van der Waals surface area contributed by atoms with Gasteiger partial charge in [0.05, 0.1) is 13.2 Å². The highest BCUT2D eigenvalue weighted by Crippen LogP contribution is 2.27. The van der Waals surface area contributed by atoms with Gasteiger partial charge in [-0.25, -0.2) is 18.4 Å². The number of nitrogens with one attached hydrogen (secondary N) is 4. The predicted octanol–water partition coefficient (Wildman–Crippen LogP) is 6.28. The van der Waals surface area contributed by atoms with Gasteiger partial charge in [0.25, 0.3) is 23.6 Å². The van der Waals surface area contributed by atoms with Crippen LogP contribution in [0.15, 0.2) is 84.9 Å². The molecular weight excluding hydrogens is 827 g/mol. The van der Waals surface area contributed by atoms with Crippen molar-refractivity contribution in [2.24, 2.45) is 0 Å². The van der Waals surface area contributed by atoms with Gasteiger partial charge >= 0.3 is 12.2 Å². The van der Waals surface area contributed by atoms with Crippen molar-refractivity contribution in [3.63, 3.8) is 0 Å². The van der Waals surface area contributed by atoms with Crippen LogP contribution >= 0.6 is 0 Å². The number of carbonyl (C=O) groups is 6. The second-order valence-corrected chi connectivity index (χ2v) is 15.7. The molecule has 14 nitrogen and oxygen atoms in total. The predicted molar refractivity (Wildman–Crippen MR) is 235 cm³/mol. The maximum Gasteiger partial charge on any atom is 0.409 e. The number of nitrogens with zero attached hydrogens (tertiary/aromatic N) is 2. The maximum atomic E-state index is 14.0. The normalized spacial score (nSPS) is 14.3. The lowest BCUT2D eigenvalue weighted by Crippen LogP contribution is -2.47. The van der Waals surface area contributed by atoms with E-state index in [2.05, 4.69) is 21.3 Å². The van der Waals surface area contributed by atoms with Crippen molar-refractivity contribution < 1.29 is 47.0 Å². The Labute approximate surface area is 371 Å². The van der Waals surface area contributed by atoms with Gasteiger partial charge in [0.1, 0.15) is 11.6 Å². The van der Waals surface area contributed by atoms with Crippen LogP contribution in [0.3, 0.4) is 0 Å². The van der Waals surface area contributed by atoms with Crippen LogP contribution < -0.4 is 21.3 Å². The van der Waals surface area contributed by atoms with Crippen molar-refractivity contribution in [3.8, 4) is 11.1 Å². The van der Waals surface area contributed by atoms with Gasteiger partial charge in [-0.2, -0.15) is 0 Å². The van der Waals surface area contributed by atoms with E-state index in [1.54, 1.807) is 72.2 Å². The molecule has 6 amide bonds. The summed E-state index contributed by atoms with van der Waals surface area (Å²) >= 11 is 0. The fraction of sp³-hybridized carbons (Fsp3) is 0.375. The summed E-state index contributed by atoms with van der Waals surface area (Å²) in [6.45, 7) is 5.96. The minimum absolute atomic E-state index is 0.142. The van der Waals surface area contributed by atoms with E-state index >= 15 is 0 Å². The van der Waals surface area contributed by atoms with E-state index in [9.17, 15) is 37.5 Å². The Morgan fingerprint density at radius 1 is 0.516 bits per heavy atom. The van der Waals surface area contributed by atoms with Crippen LogP contribution in [0.1, 0.15) is 92.1 Å². The molecule has 2 aliphatic heterocycles. The quantitative estimate of drug-likeness (QED) is 0.108. The van der Waals surface area contributed by atoms with Crippen molar-refractivity contribution >= 4 is 35.8 Å². The summed E-state index contributed by atoms with van der Waals surface area (Å²) in [7, 11) is 0. The first-order valence-electron chi connectivity index (χ1n) is 21.7. The van der Waals surface area contributed by atoms with Crippen LogP contribution in [0.4, 0.5) is 18.4 Å². The van der Waals surface area contributed by atoms with E-state index in [0.717, 1.165) is 11.1 Å². The molecule has 2 fully saturated rings. The third kappa shape index (κ3) is 13.1. The Kier molecular flexibility index (Phi) is 16.4. The summed E-state index contributed by atoms with van der Waals surface area (Å²) in [5.41, 5.74) is 2.99. The summed E-state index contributed by atoms with van der Waals surface area (Å²) in [6.07, 6.45) is 1.96. The fourth-order valence-corrected chi connectivity index (χ4v) is 7.64. The van der Waals surface area contributed by atoms with Crippen molar-refractivity contribution in [2.75, 3.05) is 52.5 Å². The average molecular weight is 881 g/mol. The highest BCUT2D eigenvalue weighted by atomic mass is 19.1. The molecule has 338 valence electrons. The molecule has 4 aromatic rings. The van der Waals surface area contributed by atoms with Gasteiger partial charge in [-0.1, -0.05) is 24.3 Å². The van der Waals surface area contributed by atoms with Crippen molar-refractivity contribution in [2.45, 2.75) is 64.5 Å². The van der Waals surface area contributed by atoms with E-state index in [0.29, 0.717) is 75.8 Å². The van der Waals surface area contributed by atoms with E-state index in [4.69, 9.17) is 9.47 Å². The Balaban J connectivity index is 1.28. The first-order chi connectivity index (χ1) is 30.9. The van der Waals surface area contributed by atoms with Crippen LogP contribution in [-0.2, 0) is 22.3 Å². The second-order valence-electron chi connectivity index (χ2n) is 15.7. The number of halogens is 2. The summed E-state index contributed by atoms with van der Waals surface area (Å²) in [4.78, 5) is 83.3. The van der Waals surface area contributed by atoms with Crippen LogP contribution in [0.5, 0.6) is 0 Å². The summed E-state index contributed by atoms with van der Waals surface area (Å²) in [5.74, 6) is -2.63. The molecule has 4 aromatic carbocycles. The smallest absolute Gasteiger partial charge is 0.409 e. The summed E-state index contributed by atoms with van der Waals surface area (Å²) in [6, 6.07) is 20.7. The molecule has 0 atom stereocenters. The molecule has 0 saturated carbocycles. The van der Waals surface area contributed by atoms with E-state index in [1.165, 1.54) is 36.4 Å². The topological polar surface area (TPSA) is 175 Å². The highest BCUT2D eigenvalue weighted by molar-refractivity contribution is 6.04. The van der Waals surface area contributed by atoms with Crippen molar-refractivity contribution in [1.29, 1.82) is 0 Å². The van der Waals surface area contributed by atoms with Crippen LogP contribution in [0.25, 0.3) is 11.1 Å². The van der Waals surface area contributed by atoms with Gasteiger partial charge in [-0.3, -0.25) is 19.2 Å². The number of likely N-dealkylation sites (tertiary alicyclic amines) is 2. The largest absolute Gasteiger partial charge is 0.450 e. The number of hydrogen-bond acceptors (Lipinski definition) is 8. The van der Waals surface area contributed by atoms with Gasteiger partial charge in [-0.15, -0.1) is 0 Å². The monoisotopic (exact) mass is 880 g/mol. The molecule has 6 rings (SSSR count). The lowest BCUT2D eigenvalue weighted by molar-refractivity contribution is 0.0849. The molecule has 0 unspecified atom stereocenters. The average Bonchev–Trinajstić information content (AvgIpc) is 3.30. The number of rotatable bonds is 15. The van der Waals surface area contributed by atoms with Gasteiger partial charge in [0.15, 0.2) is 0 Å². The molecule has 16 heteroatoms. The second kappa shape index (κ2) is 22.5. The van der Waals surface area contributed by atoms with Gasteiger partial charge < -0.3 is 40.5 Å².